The van der Waals surface area contributed by atoms with E-state index in [4.69, 9.17) is 11.6 Å². The van der Waals surface area contributed by atoms with Crippen LogP contribution in [0.1, 0.15) is 38.1 Å². The first-order valence-electron chi connectivity index (χ1n) is 6.03. The summed E-state index contributed by atoms with van der Waals surface area (Å²) in [4.78, 5) is 37.4. The predicted octanol–water partition coefficient (Wildman–Crippen LogP) is 1.95. The summed E-state index contributed by atoms with van der Waals surface area (Å²) in [6, 6.07) is 7.72. The van der Waals surface area contributed by atoms with Gasteiger partial charge in [0.1, 0.15) is 5.69 Å². The minimum absolute atomic E-state index is 0.159. The SMILES string of the molecule is CC(=O)c1c[nH]c(C(=O)NNC(=O)c2cccc(Cl)c2)c1. The lowest BCUT2D eigenvalue weighted by Crippen LogP contribution is -2.41. The number of amides is 2. The molecule has 0 aliphatic rings. The molecule has 0 saturated carbocycles. The van der Waals surface area contributed by atoms with Crippen LogP contribution in [0.3, 0.4) is 0 Å². The Balaban J connectivity index is 1.97. The van der Waals surface area contributed by atoms with E-state index in [-0.39, 0.29) is 11.5 Å². The van der Waals surface area contributed by atoms with Crippen molar-refractivity contribution in [1.82, 2.24) is 15.8 Å². The van der Waals surface area contributed by atoms with Crippen molar-refractivity contribution in [1.29, 1.82) is 0 Å². The highest BCUT2D eigenvalue weighted by molar-refractivity contribution is 6.30. The average molecular weight is 306 g/mol. The molecule has 2 aromatic rings. The Labute approximate surface area is 125 Å². The number of hydrazine groups is 1. The van der Waals surface area contributed by atoms with Crippen molar-refractivity contribution < 1.29 is 14.4 Å². The van der Waals surface area contributed by atoms with Gasteiger partial charge in [0.15, 0.2) is 5.78 Å². The summed E-state index contributed by atoms with van der Waals surface area (Å²) in [5.41, 5.74) is 5.39. The predicted molar refractivity (Wildman–Crippen MR) is 77.2 cm³/mol. The zero-order chi connectivity index (χ0) is 15.4. The van der Waals surface area contributed by atoms with Gasteiger partial charge in [-0.1, -0.05) is 17.7 Å². The maximum atomic E-state index is 11.8. The first-order valence-corrected chi connectivity index (χ1v) is 6.41. The Morgan fingerprint density at radius 3 is 2.38 bits per heavy atom. The summed E-state index contributed by atoms with van der Waals surface area (Å²) >= 11 is 5.78. The van der Waals surface area contributed by atoms with Gasteiger partial charge in [0.05, 0.1) is 0 Å². The van der Waals surface area contributed by atoms with Crippen LogP contribution >= 0.6 is 11.6 Å². The number of benzene rings is 1. The number of halogens is 1. The highest BCUT2D eigenvalue weighted by Crippen LogP contribution is 2.10. The van der Waals surface area contributed by atoms with Crippen molar-refractivity contribution in [3.8, 4) is 0 Å². The first-order chi connectivity index (χ1) is 9.97. The molecular formula is C14H12ClN3O3. The van der Waals surface area contributed by atoms with Gasteiger partial charge < -0.3 is 4.98 Å². The van der Waals surface area contributed by atoms with Gasteiger partial charge >= 0.3 is 0 Å². The van der Waals surface area contributed by atoms with Gasteiger partial charge in [-0.3, -0.25) is 25.2 Å². The lowest BCUT2D eigenvalue weighted by atomic mass is 10.2. The number of carbonyl (C=O) groups is 3. The van der Waals surface area contributed by atoms with Gasteiger partial charge in [0.25, 0.3) is 11.8 Å². The van der Waals surface area contributed by atoms with Crippen LogP contribution in [0, 0.1) is 0 Å². The highest BCUT2D eigenvalue weighted by Gasteiger charge is 2.12. The summed E-state index contributed by atoms with van der Waals surface area (Å²) in [5, 5.41) is 0.421. The molecule has 0 atom stereocenters. The van der Waals surface area contributed by atoms with Gasteiger partial charge in [-0.05, 0) is 31.2 Å². The van der Waals surface area contributed by atoms with Crippen molar-refractivity contribution in [2.24, 2.45) is 0 Å². The van der Waals surface area contributed by atoms with E-state index in [1.54, 1.807) is 18.2 Å². The molecule has 7 heteroatoms. The molecule has 0 aliphatic heterocycles. The highest BCUT2D eigenvalue weighted by atomic mass is 35.5. The number of aromatic amines is 1. The molecule has 2 rings (SSSR count). The normalized spacial score (nSPS) is 10.0. The molecule has 0 spiro atoms. The van der Waals surface area contributed by atoms with Crippen molar-refractivity contribution in [2.75, 3.05) is 0 Å². The maximum Gasteiger partial charge on any atom is 0.286 e. The molecule has 0 fully saturated rings. The molecule has 6 nitrogen and oxygen atoms in total. The molecule has 1 aromatic heterocycles. The van der Waals surface area contributed by atoms with E-state index in [9.17, 15) is 14.4 Å². The minimum Gasteiger partial charge on any atom is -0.356 e. The van der Waals surface area contributed by atoms with Crippen LogP contribution in [-0.4, -0.2) is 22.6 Å². The van der Waals surface area contributed by atoms with Crippen LogP contribution in [-0.2, 0) is 0 Å². The minimum atomic E-state index is -0.558. The second-order valence-electron chi connectivity index (χ2n) is 4.28. The van der Waals surface area contributed by atoms with Crippen molar-refractivity contribution >= 4 is 29.2 Å². The molecule has 0 saturated heterocycles. The number of Topliss-reactive ketones (excluding diaryl/α,β-unsaturated/α-hetero) is 1. The topological polar surface area (TPSA) is 91.1 Å². The van der Waals surface area contributed by atoms with Gasteiger partial charge in [-0.25, -0.2) is 0 Å². The number of H-pyrrole nitrogens is 1. The fraction of sp³-hybridized carbons (Fsp3) is 0.0714. The Kier molecular flexibility index (Phi) is 4.39. The number of aromatic nitrogens is 1. The van der Waals surface area contributed by atoms with Crippen LogP contribution in [0.25, 0.3) is 0 Å². The summed E-state index contributed by atoms with van der Waals surface area (Å²) in [7, 11) is 0. The standard InChI is InChI=1S/C14H12ClN3O3/c1-8(19)10-6-12(16-7-10)14(21)18-17-13(20)9-3-2-4-11(15)5-9/h2-7,16H,1H3,(H,17,20)(H,18,21). The summed E-state index contributed by atoms with van der Waals surface area (Å²) in [5.74, 6) is -1.21. The fourth-order valence-electron chi connectivity index (χ4n) is 1.61. The fourth-order valence-corrected chi connectivity index (χ4v) is 1.80. The van der Waals surface area contributed by atoms with Crippen molar-refractivity contribution in [3.63, 3.8) is 0 Å². The van der Waals surface area contributed by atoms with Gasteiger partial charge in [0, 0.05) is 22.3 Å². The lowest BCUT2D eigenvalue weighted by molar-refractivity contribution is 0.0844. The van der Waals surface area contributed by atoms with Crippen LogP contribution in [0.2, 0.25) is 5.02 Å². The Morgan fingerprint density at radius 1 is 1.05 bits per heavy atom. The number of hydrogen-bond acceptors (Lipinski definition) is 3. The Morgan fingerprint density at radius 2 is 1.76 bits per heavy atom. The van der Waals surface area contributed by atoms with Crippen LogP contribution in [0.5, 0.6) is 0 Å². The van der Waals surface area contributed by atoms with E-state index in [1.165, 1.54) is 25.3 Å². The molecular weight excluding hydrogens is 294 g/mol. The molecule has 21 heavy (non-hydrogen) atoms. The first kappa shape index (κ1) is 14.8. The molecule has 1 aromatic carbocycles. The van der Waals surface area contributed by atoms with E-state index in [1.807, 2.05) is 0 Å². The number of ketones is 1. The molecule has 2 amide bonds. The summed E-state index contributed by atoms with van der Waals surface area (Å²) < 4.78 is 0. The van der Waals surface area contributed by atoms with Gasteiger partial charge in [0.2, 0.25) is 0 Å². The maximum absolute atomic E-state index is 11.8. The third kappa shape index (κ3) is 3.70. The van der Waals surface area contributed by atoms with E-state index >= 15 is 0 Å². The van der Waals surface area contributed by atoms with Crippen molar-refractivity contribution in [3.05, 3.63) is 58.4 Å². The van der Waals surface area contributed by atoms with E-state index in [0.717, 1.165) is 0 Å². The second-order valence-corrected chi connectivity index (χ2v) is 4.71. The molecule has 0 aliphatic carbocycles. The Hall–Kier alpha value is -2.60. The largest absolute Gasteiger partial charge is 0.356 e. The van der Waals surface area contributed by atoms with Crippen LogP contribution < -0.4 is 10.9 Å². The summed E-state index contributed by atoms with van der Waals surface area (Å²) in [6.45, 7) is 1.39. The second kappa shape index (κ2) is 6.23. The van der Waals surface area contributed by atoms with E-state index in [2.05, 4.69) is 15.8 Å². The Bertz CT molecular complexity index is 709. The number of carbonyl (C=O) groups excluding carboxylic acids is 3. The molecule has 1 heterocycles. The molecule has 0 radical (unpaired) electrons. The average Bonchev–Trinajstić information content (AvgIpc) is 2.94. The van der Waals surface area contributed by atoms with Crippen LogP contribution in [0.15, 0.2) is 36.5 Å². The quantitative estimate of drug-likeness (QED) is 0.598. The van der Waals surface area contributed by atoms with Crippen molar-refractivity contribution in [2.45, 2.75) is 6.92 Å². The van der Waals surface area contributed by atoms with E-state index < -0.39 is 11.8 Å². The molecule has 108 valence electrons. The smallest absolute Gasteiger partial charge is 0.286 e. The third-order valence-corrected chi connectivity index (χ3v) is 2.95. The molecule has 3 N–H and O–H groups in total. The third-order valence-electron chi connectivity index (χ3n) is 2.71. The zero-order valence-corrected chi connectivity index (χ0v) is 11.8. The lowest BCUT2D eigenvalue weighted by Gasteiger charge is -2.06. The van der Waals surface area contributed by atoms with Crippen LogP contribution in [0.4, 0.5) is 0 Å². The molecule has 0 bridgehead atoms. The molecule has 0 unspecified atom stereocenters. The summed E-state index contributed by atoms with van der Waals surface area (Å²) in [6.07, 6.45) is 1.43. The zero-order valence-electron chi connectivity index (χ0n) is 11.1. The number of hydrogen-bond donors (Lipinski definition) is 3. The monoisotopic (exact) mass is 305 g/mol. The van der Waals surface area contributed by atoms with E-state index in [0.29, 0.717) is 16.1 Å². The number of nitrogens with one attached hydrogen (secondary N) is 3. The number of rotatable bonds is 3. The van der Waals surface area contributed by atoms with Gasteiger partial charge in [-0.2, -0.15) is 0 Å². The van der Waals surface area contributed by atoms with Gasteiger partial charge in [-0.15, -0.1) is 0 Å².